The third kappa shape index (κ3) is 7.57. The van der Waals surface area contributed by atoms with Crippen LogP contribution in [0.5, 0.6) is 11.5 Å². The van der Waals surface area contributed by atoms with E-state index in [1.54, 1.807) is 18.2 Å². The molecule has 9 nitrogen and oxygen atoms in total. The highest BCUT2D eigenvalue weighted by Crippen LogP contribution is 2.28. The standard InChI is InChI=1S/C22H28N2O7S/c1-16(2)13-24(18-8-11-32(27,28)15-18)21(25)14-31-22(26)7-5-17-4-6-19(30-10-9-23)20(12-17)29-3/h4-7,12,16,18H,8,10-11,13-15H2,1-3H3. The number of esters is 1. The Morgan fingerprint density at radius 1 is 1.31 bits per heavy atom. The molecule has 0 N–H and O–H groups in total. The molecule has 1 aliphatic heterocycles. The van der Waals surface area contributed by atoms with Crippen LogP contribution in [0.4, 0.5) is 0 Å². The summed E-state index contributed by atoms with van der Waals surface area (Å²) in [5, 5.41) is 8.61. The number of sulfone groups is 1. The smallest absolute Gasteiger partial charge is 0.331 e. The van der Waals surface area contributed by atoms with Crippen molar-refractivity contribution >= 4 is 27.8 Å². The molecule has 1 aliphatic rings. The molecule has 0 spiro atoms. The van der Waals surface area contributed by atoms with Gasteiger partial charge in [0.1, 0.15) is 6.07 Å². The van der Waals surface area contributed by atoms with Crippen LogP contribution in [0.2, 0.25) is 0 Å². The molecule has 1 atom stereocenters. The highest BCUT2D eigenvalue weighted by molar-refractivity contribution is 7.91. The lowest BCUT2D eigenvalue weighted by atomic mass is 10.1. The predicted molar refractivity (Wildman–Crippen MR) is 118 cm³/mol. The number of methoxy groups -OCH3 is 1. The van der Waals surface area contributed by atoms with Crippen molar-refractivity contribution in [2.45, 2.75) is 26.3 Å². The number of amides is 1. The van der Waals surface area contributed by atoms with E-state index < -0.39 is 34.4 Å². The molecule has 0 aromatic heterocycles. The second kappa shape index (κ2) is 11.5. The number of nitrogens with zero attached hydrogens (tertiary/aromatic N) is 2. The van der Waals surface area contributed by atoms with Crippen LogP contribution in [0.25, 0.3) is 6.08 Å². The van der Waals surface area contributed by atoms with Crippen molar-refractivity contribution in [1.82, 2.24) is 4.90 Å². The van der Waals surface area contributed by atoms with Crippen molar-refractivity contribution in [3.05, 3.63) is 29.8 Å². The first-order chi connectivity index (χ1) is 15.1. The second-order valence-electron chi connectivity index (χ2n) is 7.79. The van der Waals surface area contributed by atoms with Crippen LogP contribution in [0.3, 0.4) is 0 Å². The number of benzene rings is 1. The first-order valence-electron chi connectivity index (χ1n) is 10.2. The van der Waals surface area contributed by atoms with Gasteiger partial charge in [0, 0.05) is 18.7 Å². The lowest BCUT2D eigenvalue weighted by Gasteiger charge is -2.29. The van der Waals surface area contributed by atoms with Gasteiger partial charge in [-0.1, -0.05) is 19.9 Å². The lowest BCUT2D eigenvalue weighted by Crippen LogP contribution is -2.45. The molecule has 32 heavy (non-hydrogen) atoms. The Balaban J connectivity index is 1.96. The molecule has 10 heteroatoms. The maximum atomic E-state index is 12.6. The van der Waals surface area contributed by atoms with Crippen LogP contribution < -0.4 is 9.47 Å². The molecular weight excluding hydrogens is 436 g/mol. The summed E-state index contributed by atoms with van der Waals surface area (Å²) in [6.45, 7) is 3.68. The van der Waals surface area contributed by atoms with Gasteiger partial charge < -0.3 is 19.1 Å². The van der Waals surface area contributed by atoms with Gasteiger partial charge in [0.25, 0.3) is 5.91 Å². The van der Waals surface area contributed by atoms with Crippen molar-refractivity contribution in [2.24, 2.45) is 5.92 Å². The Labute approximate surface area is 188 Å². The Bertz CT molecular complexity index is 996. The average Bonchev–Trinajstić information content (AvgIpc) is 3.12. The summed E-state index contributed by atoms with van der Waals surface area (Å²) < 4.78 is 39.1. The zero-order chi connectivity index (χ0) is 23.7. The van der Waals surface area contributed by atoms with Gasteiger partial charge in [0.2, 0.25) is 0 Å². The molecule has 1 amide bonds. The van der Waals surface area contributed by atoms with E-state index in [1.165, 1.54) is 24.2 Å². The second-order valence-corrected chi connectivity index (χ2v) is 10.0. The molecule has 1 aromatic carbocycles. The molecule has 0 saturated carbocycles. The number of carbonyl (C=O) groups is 2. The molecule has 1 saturated heterocycles. The highest BCUT2D eigenvalue weighted by atomic mass is 32.2. The minimum atomic E-state index is -3.14. The molecule has 1 aromatic rings. The van der Waals surface area contributed by atoms with E-state index in [1.807, 2.05) is 19.9 Å². The molecule has 0 bridgehead atoms. The van der Waals surface area contributed by atoms with Crippen molar-refractivity contribution < 1.29 is 32.2 Å². The van der Waals surface area contributed by atoms with Gasteiger partial charge >= 0.3 is 5.97 Å². The van der Waals surface area contributed by atoms with E-state index >= 15 is 0 Å². The van der Waals surface area contributed by atoms with E-state index in [4.69, 9.17) is 19.5 Å². The topological polar surface area (TPSA) is 123 Å². The van der Waals surface area contributed by atoms with Crippen LogP contribution in [0.1, 0.15) is 25.8 Å². The summed E-state index contributed by atoms with van der Waals surface area (Å²) in [6.07, 6.45) is 3.08. The Morgan fingerprint density at radius 2 is 2.06 bits per heavy atom. The predicted octanol–water partition coefficient (Wildman–Crippen LogP) is 1.83. The van der Waals surface area contributed by atoms with Gasteiger partial charge in [-0.2, -0.15) is 5.26 Å². The fraction of sp³-hybridized carbons (Fsp3) is 0.500. The van der Waals surface area contributed by atoms with E-state index in [0.29, 0.717) is 30.0 Å². The van der Waals surface area contributed by atoms with Crippen LogP contribution in [-0.4, -0.2) is 69.6 Å². The van der Waals surface area contributed by atoms with Crippen LogP contribution in [-0.2, 0) is 24.2 Å². The zero-order valence-corrected chi connectivity index (χ0v) is 19.3. The molecule has 1 unspecified atom stereocenters. The largest absolute Gasteiger partial charge is 0.493 e. The minimum absolute atomic E-state index is 0.0603. The number of rotatable bonds is 10. The normalized spacial score (nSPS) is 17.2. The minimum Gasteiger partial charge on any atom is -0.493 e. The van der Waals surface area contributed by atoms with Crippen LogP contribution >= 0.6 is 0 Å². The van der Waals surface area contributed by atoms with Gasteiger partial charge in [0.15, 0.2) is 34.6 Å². The van der Waals surface area contributed by atoms with Crippen LogP contribution in [0.15, 0.2) is 24.3 Å². The third-order valence-corrected chi connectivity index (χ3v) is 6.51. The van der Waals surface area contributed by atoms with Gasteiger partial charge in [0.05, 0.1) is 18.6 Å². The zero-order valence-electron chi connectivity index (χ0n) is 18.4. The highest BCUT2D eigenvalue weighted by Gasteiger charge is 2.35. The van der Waals surface area contributed by atoms with E-state index in [-0.39, 0.29) is 24.0 Å². The first kappa shape index (κ1) is 25.2. The lowest BCUT2D eigenvalue weighted by molar-refractivity contribution is -0.149. The maximum absolute atomic E-state index is 12.6. The molecular formula is C22H28N2O7S. The monoisotopic (exact) mass is 464 g/mol. The fourth-order valence-corrected chi connectivity index (χ4v) is 5.05. The van der Waals surface area contributed by atoms with Gasteiger partial charge in [-0.25, -0.2) is 13.2 Å². The Morgan fingerprint density at radius 3 is 2.66 bits per heavy atom. The molecule has 0 aliphatic carbocycles. The van der Waals surface area contributed by atoms with Crippen molar-refractivity contribution in [3.63, 3.8) is 0 Å². The SMILES string of the molecule is COc1cc(C=CC(=O)OCC(=O)N(CC(C)C)C2CCS(=O)(=O)C2)ccc1OCC#N. The van der Waals surface area contributed by atoms with E-state index in [0.717, 1.165) is 0 Å². The fourth-order valence-electron chi connectivity index (χ4n) is 3.31. The number of hydrogen-bond donors (Lipinski definition) is 0. The van der Waals surface area contributed by atoms with Crippen LogP contribution in [0, 0.1) is 17.2 Å². The average molecular weight is 465 g/mol. The van der Waals surface area contributed by atoms with Crippen molar-refractivity contribution in [1.29, 1.82) is 5.26 Å². The Kier molecular flexibility index (Phi) is 9.08. The van der Waals surface area contributed by atoms with Gasteiger partial charge in [-0.15, -0.1) is 0 Å². The molecule has 2 rings (SSSR count). The number of hydrogen-bond acceptors (Lipinski definition) is 8. The molecule has 1 fully saturated rings. The maximum Gasteiger partial charge on any atom is 0.331 e. The Hall–Kier alpha value is -3.06. The summed E-state index contributed by atoms with van der Waals surface area (Å²) in [5.41, 5.74) is 0.632. The quantitative estimate of drug-likeness (QED) is 0.380. The molecule has 174 valence electrons. The first-order valence-corrected chi connectivity index (χ1v) is 12.0. The van der Waals surface area contributed by atoms with Crippen molar-refractivity contribution in [2.75, 3.05) is 38.4 Å². The number of carbonyl (C=O) groups excluding carboxylic acids is 2. The summed E-state index contributed by atoms with van der Waals surface area (Å²) in [7, 11) is -1.68. The van der Waals surface area contributed by atoms with E-state index in [9.17, 15) is 18.0 Å². The summed E-state index contributed by atoms with van der Waals surface area (Å²) >= 11 is 0. The third-order valence-electron chi connectivity index (χ3n) is 4.76. The molecule has 1 heterocycles. The molecule has 0 radical (unpaired) electrons. The van der Waals surface area contributed by atoms with Crippen molar-refractivity contribution in [3.8, 4) is 17.6 Å². The van der Waals surface area contributed by atoms with Gasteiger partial charge in [-0.05, 0) is 36.1 Å². The number of ether oxygens (including phenoxy) is 3. The van der Waals surface area contributed by atoms with Gasteiger partial charge in [-0.3, -0.25) is 4.79 Å². The summed E-state index contributed by atoms with van der Waals surface area (Å²) in [4.78, 5) is 26.2. The van der Waals surface area contributed by atoms with E-state index in [2.05, 4.69) is 0 Å². The summed E-state index contributed by atoms with van der Waals surface area (Å²) in [5.74, 6) is -0.164. The summed E-state index contributed by atoms with van der Waals surface area (Å²) in [6, 6.07) is 6.40. The number of nitriles is 1.